The van der Waals surface area contributed by atoms with E-state index in [9.17, 15) is 0 Å². The van der Waals surface area contributed by atoms with Crippen molar-refractivity contribution in [1.29, 1.82) is 0 Å². The fraction of sp³-hybridized carbons (Fsp3) is 0.562. The number of aromatic amines is 1. The topological polar surface area (TPSA) is 63.9 Å². The average molecular weight is 305 g/mol. The zero-order valence-electron chi connectivity index (χ0n) is 12.5. The van der Waals surface area contributed by atoms with Crippen molar-refractivity contribution in [2.45, 2.75) is 43.0 Å². The van der Waals surface area contributed by atoms with Crippen molar-refractivity contribution in [3.05, 3.63) is 18.2 Å². The van der Waals surface area contributed by atoms with Crippen molar-refractivity contribution >= 4 is 22.8 Å². The van der Waals surface area contributed by atoms with Crippen molar-refractivity contribution in [2.75, 3.05) is 13.2 Å². The first-order chi connectivity index (χ1) is 10.3. The number of fused-ring (bicyclic) bond motifs is 1. The molecule has 1 aliphatic rings. The maximum Gasteiger partial charge on any atom is 0.166 e. The molecular formula is C16H23N3OS. The van der Waals surface area contributed by atoms with Crippen LogP contribution in [0.3, 0.4) is 0 Å². The quantitative estimate of drug-likeness (QED) is 0.886. The maximum absolute atomic E-state index is 5.92. The van der Waals surface area contributed by atoms with E-state index < -0.39 is 0 Å². The average Bonchev–Trinajstić information content (AvgIpc) is 2.89. The number of rotatable bonds is 5. The molecular weight excluding hydrogens is 282 g/mol. The van der Waals surface area contributed by atoms with Gasteiger partial charge >= 0.3 is 0 Å². The van der Waals surface area contributed by atoms with Gasteiger partial charge < -0.3 is 15.5 Å². The van der Waals surface area contributed by atoms with Crippen LogP contribution in [0.1, 0.15) is 32.6 Å². The normalized spacial score (nSPS) is 22.6. The molecule has 3 rings (SSSR count). The van der Waals surface area contributed by atoms with Crippen LogP contribution < -0.4 is 10.5 Å². The van der Waals surface area contributed by atoms with Crippen LogP contribution in [0.15, 0.2) is 23.4 Å². The smallest absolute Gasteiger partial charge is 0.166 e. The minimum atomic E-state index is 0.593. The Morgan fingerprint density at radius 1 is 1.38 bits per heavy atom. The van der Waals surface area contributed by atoms with Gasteiger partial charge in [-0.1, -0.05) is 24.6 Å². The minimum Gasteiger partial charge on any atom is -0.494 e. The van der Waals surface area contributed by atoms with Crippen LogP contribution in [0.25, 0.3) is 11.0 Å². The van der Waals surface area contributed by atoms with Crippen molar-refractivity contribution in [1.82, 2.24) is 9.97 Å². The lowest BCUT2D eigenvalue weighted by atomic mass is 9.89. The van der Waals surface area contributed by atoms with Crippen LogP contribution in [0.4, 0.5) is 0 Å². The molecule has 1 heterocycles. The zero-order valence-corrected chi connectivity index (χ0v) is 13.3. The fourth-order valence-corrected chi connectivity index (χ4v) is 4.35. The Morgan fingerprint density at radius 3 is 3.05 bits per heavy atom. The standard InChI is InChI=1S/C16H23N3OS/c1-2-20-12-7-8-13-14(9-12)19-16(18-13)21-15-6-4-3-5-11(15)10-17/h7-9,11,15H,2-6,10,17H2,1H3,(H,18,19). The van der Waals surface area contributed by atoms with Gasteiger partial charge in [0.2, 0.25) is 0 Å². The predicted molar refractivity (Wildman–Crippen MR) is 87.9 cm³/mol. The Bertz CT molecular complexity index is 598. The van der Waals surface area contributed by atoms with Crippen LogP contribution >= 0.6 is 11.8 Å². The molecule has 0 spiro atoms. The Labute approximate surface area is 129 Å². The summed E-state index contributed by atoms with van der Waals surface area (Å²) in [4.78, 5) is 8.11. The molecule has 1 aromatic carbocycles. The molecule has 1 saturated carbocycles. The molecule has 0 bridgehead atoms. The number of H-pyrrole nitrogens is 1. The fourth-order valence-electron chi connectivity index (χ4n) is 3.02. The summed E-state index contributed by atoms with van der Waals surface area (Å²) in [5.41, 5.74) is 7.96. The third kappa shape index (κ3) is 3.35. The van der Waals surface area contributed by atoms with Crippen LogP contribution in [-0.2, 0) is 0 Å². The van der Waals surface area contributed by atoms with E-state index in [4.69, 9.17) is 10.5 Å². The summed E-state index contributed by atoms with van der Waals surface area (Å²) in [6.07, 6.45) is 5.12. The van der Waals surface area contributed by atoms with Crippen LogP contribution in [0, 0.1) is 5.92 Å². The molecule has 0 aliphatic heterocycles. The third-order valence-corrected chi connectivity index (χ3v) is 5.49. The number of hydrogen-bond donors (Lipinski definition) is 2. The van der Waals surface area contributed by atoms with Crippen molar-refractivity contribution in [3.63, 3.8) is 0 Å². The molecule has 1 aromatic heterocycles. The van der Waals surface area contributed by atoms with Gasteiger partial charge in [0.15, 0.2) is 5.16 Å². The number of ether oxygens (including phenoxy) is 1. The van der Waals surface area contributed by atoms with E-state index in [0.717, 1.165) is 28.5 Å². The summed E-state index contributed by atoms with van der Waals surface area (Å²) >= 11 is 1.85. The second-order valence-electron chi connectivity index (χ2n) is 5.59. The largest absolute Gasteiger partial charge is 0.494 e. The van der Waals surface area contributed by atoms with E-state index in [1.807, 2.05) is 36.9 Å². The van der Waals surface area contributed by atoms with Gasteiger partial charge in [-0.15, -0.1) is 0 Å². The monoisotopic (exact) mass is 305 g/mol. The molecule has 2 aromatic rings. The van der Waals surface area contributed by atoms with Gasteiger partial charge in [0.1, 0.15) is 5.75 Å². The SMILES string of the molecule is CCOc1ccc2nc(SC3CCCCC3CN)[nH]c2c1. The Balaban J connectivity index is 1.77. The van der Waals surface area contributed by atoms with Crippen molar-refractivity contribution in [2.24, 2.45) is 11.7 Å². The van der Waals surface area contributed by atoms with Gasteiger partial charge in [-0.05, 0) is 44.4 Å². The highest BCUT2D eigenvalue weighted by molar-refractivity contribution is 7.99. The summed E-state index contributed by atoms with van der Waals surface area (Å²) in [7, 11) is 0. The number of nitrogens with one attached hydrogen (secondary N) is 1. The van der Waals surface area contributed by atoms with Gasteiger partial charge in [0.05, 0.1) is 17.6 Å². The van der Waals surface area contributed by atoms with E-state index in [1.165, 1.54) is 25.7 Å². The lowest BCUT2D eigenvalue weighted by molar-refractivity contribution is 0.340. The van der Waals surface area contributed by atoms with E-state index in [0.29, 0.717) is 17.8 Å². The van der Waals surface area contributed by atoms with E-state index >= 15 is 0 Å². The Morgan fingerprint density at radius 2 is 2.24 bits per heavy atom. The molecule has 114 valence electrons. The molecule has 5 heteroatoms. The second-order valence-corrected chi connectivity index (χ2v) is 6.82. The van der Waals surface area contributed by atoms with Crippen molar-refractivity contribution < 1.29 is 4.74 Å². The summed E-state index contributed by atoms with van der Waals surface area (Å²) < 4.78 is 5.54. The van der Waals surface area contributed by atoms with E-state index in [1.54, 1.807) is 0 Å². The summed E-state index contributed by atoms with van der Waals surface area (Å²) in [5.74, 6) is 1.51. The molecule has 1 fully saturated rings. The highest BCUT2D eigenvalue weighted by Crippen LogP contribution is 2.36. The maximum atomic E-state index is 5.92. The van der Waals surface area contributed by atoms with Gasteiger partial charge in [-0.3, -0.25) is 0 Å². The van der Waals surface area contributed by atoms with Crippen LogP contribution in [0.5, 0.6) is 5.75 Å². The van der Waals surface area contributed by atoms with E-state index in [-0.39, 0.29) is 0 Å². The summed E-state index contributed by atoms with van der Waals surface area (Å²) in [5, 5.41) is 1.60. The molecule has 21 heavy (non-hydrogen) atoms. The summed E-state index contributed by atoms with van der Waals surface area (Å²) in [6, 6.07) is 6.02. The van der Waals surface area contributed by atoms with E-state index in [2.05, 4.69) is 9.97 Å². The number of imidazole rings is 1. The number of aromatic nitrogens is 2. The lowest BCUT2D eigenvalue weighted by Crippen LogP contribution is -2.28. The Kier molecular flexibility index (Phi) is 4.70. The van der Waals surface area contributed by atoms with Crippen molar-refractivity contribution in [3.8, 4) is 5.75 Å². The molecule has 3 N–H and O–H groups in total. The van der Waals surface area contributed by atoms with Gasteiger partial charge in [0.25, 0.3) is 0 Å². The van der Waals surface area contributed by atoms with Gasteiger partial charge in [0, 0.05) is 11.3 Å². The van der Waals surface area contributed by atoms with Gasteiger partial charge in [-0.25, -0.2) is 4.98 Å². The number of nitrogens with zero attached hydrogens (tertiary/aromatic N) is 1. The predicted octanol–water partition coefficient (Wildman–Crippen LogP) is 3.57. The number of thioether (sulfide) groups is 1. The number of nitrogens with two attached hydrogens (primary N) is 1. The molecule has 2 unspecified atom stereocenters. The Hall–Kier alpha value is -1.20. The first-order valence-electron chi connectivity index (χ1n) is 7.79. The molecule has 2 atom stereocenters. The number of benzene rings is 1. The first kappa shape index (κ1) is 14.7. The van der Waals surface area contributed by atoms with Gasteiger partial charge in [-0.2, -0.15) is 0 Å². The number of hydrogen-bond acceptors (Lipinski definition) is 4. The minimum absolute atomic E-state index is 0.593. The van der Waals surface area contributed by atoms with Crippen LogP contribution in [0.2, 0.25) is 0 Å². The molecule has 0 saturated heterocycles. The third-order valence-electron chi connectivity index (χ3n) is 4.15. The highest BCUT2D eigenvalue weighted by atomic mass is 32.2. The molecule has 0 radical (unpaired) electrons. The van der Waals surface area contributed by atoms with Crippen LogP contribution in [-0.4, -0.2) is 28.4 Å². The molecule has 4 nitrogen and oxygen atoms in total. The molecule has 1 aliphatic carbocycles. The summed E-state index contributed by atoms with van der Waals surface area (Å²) in [6.45, 7) is 3.46. The first-order valence-corrected chi connectivity index (χ1v) is 8.67. The second kappa shape index (κ2) is 6.71. The zero-order chi connectivity index (χ0) is 14.7. The highest BCUT2D eigenvalue weighted by Gasteiger charge is 2.25. The molecule has 0 amide bonds. The lowest BCUT2D eigenvalue weighted by Gasteiger charge is -2.29.